The minimum atomic E-state index is -3.01. The van der Waals surface area contributed by atoms with Gasteiger partial charge in [0.05, 0.1) is 0 Å². The topological polar surface area (TPSA) is 29.1 Å². The molecule has 0 radical (unpaired) electrons. The van der Waals surface area contributed by atoms with Crippen molar-refractivity contribution in [2.45, 2.75) is 77.2 Å². The van der Waals surface area contributed by atoms with Crippen LogP contribution in [0.5, 0.6) is 0 Å². The van der Waals surface area contributed by atoms with E-state index < -0.39 is 7.29 Å². The van der Waals surface area contributed by atoms with Crippen molar-refractivity contribution in [3.63, 3.8) is 0 Å². The summed E-state index contributed by atoms with van der Waals surface area (Å²) in [5, 5.41) is 5.30. The van der Waals surface area contributed by atoms with Gasteiger partial charge in [0.25, 0.3) is 0 Å². The predicted molar refractivity (Wildman–Crippen MR) is 153 cm³/mol. The molecule has 1 atom stereocenters. The molecule has 0 aliphatic carbocycles. The van der Waals surface area contributed by atoms with E-state index in [1.54, 1.807) is 0 Å². The average Bonchev–Trinajstić information content (AvgIpc) is 2.92. The first-order valence-electron chi connectivity index (χ1n) is 13.4. The molecule has 3 heteroatoms. The van der Waals surface area contributed by atoms with Crippen LogP contribution in [0.15, 0.2) is 103 Å². The van der Waals surface area contributed by atoms with Crippen molar-refractivity contribution >= 4 is 17.9 Å². The molecule has 0 heterocycles. The van der Waals surface area contributed by atoms with Crippen LogP contribution in [-0.2, 0) is 4.57 Å². The van der Waals surface area contributed by atoms with Gasteiger partial charge in [-0.05, 0) is 49.1 Å². The lowest BCUT2D eigenvalue weighted by molar-refractivity contribution is 0.561. The van der Waals surface area contributed by atoms with Crippen LogP contribution in [-0.4, -0.2) is 0 Å². The van der Waals surface area contributed by atoms with Crippen LogP contribution >= 0.6 is 7.29 Å². The van der Waals surface area contributed by atoms with Crippen molar-refractivity contribution in [3.05, 3.63) is 109 Å². The normalized spacial score (nSPS) is 12.7. The van der Waals surface area contributed by atoms with Crippen molar-refractivity contribution in [1.82, 2.24) is 5.09 Å². The molecule has 0 fully saturated rings. The van der Waals surface area contributed by atoms with E-state index >= 15 is 0 Å². The molecule has 186 valence electrons. The summed E-state index contributed by atoms with van der Waals surface area (Å²) in [7, 11) is -3.01. The molecule has 0 aromatic heterocycles. The van der Waals surface area contributed by atoms with Crippen LogP contribution in [0, 0.1) is 0 Å². The van der Waals surface area contributed by atoms with Crippen molar-refractivity contribution in [2.75, 3.05) is 0 Å². The number of allylic oxidation sites excluding steroid dienone is 1. The monoisotopic (exact) mass is 487 g/mol. The van der Waals surface area contributed by atoms with E-state index in [-0.39, 0.29) is 6.04 Å². The van der Waals surface area contributed by atoms with Crippen molar-refractivity contribution in [3.8, 4) is 0 Å². The van der Waals surface area contributed by atoms with Gasteiger partial charge in [-0.2, -0.15) is 0 Å². The van der Waals surface area contributed by atoms with Gasteiger partial charge in [-0.25, -0.2) is 0 Å². The van der Waals surface area contributed by atoms with E-state index in [1.165, 1.54) is 51.4 Å². The Bertz CT molecular complexity index is 974. The van der Waals surface area contributed by atoms with Gasteiger partial charge < -0.3 is 0 Å². The number of rotatable bonds is 16. The Labute approximate surface area is 213 Å². The Hall–Kier alpha value is -2.41. The second kappa shape index (κ2) is 15.6. The SMILES string of the molecule is CCCCCCCCCC/C=C/C[C@H](NP(=O)(c1ccccc1)c1ccccc1)c1ccccc1. The molecule has 1 N–H and O–H groups in total. The molecule has 3 aromatic rings. The van der Waals surface area contributed by atoms with Crippen LogP contribution in [0.2, 0.25) is 0 Å². The second-order valence-electron chi connectivity index (χ2n) is 9.34. The summed E-state index contributed by atoms with van der Waals surface area (Å²) in [5.41, 5.74) is 1.16. The lowest BCUT2D eigenvalue weighted by atomic mass is 10.0. The maximum atomic E-state index is 14.6. The van der Waals surface area contributed by atoms with Gasteiger partial charge in [-0.1, -0.05) is 131 Å². The molecule has 0 spiro atoms. The summed E-state index contributed by atoms with van der Waals surface area (Å²) in [5.74, 6) is 0. The van der Waals surface area contributed by atoms with Gasteiger partial charge in [0.1, 0.15) is 0 Å². The van der Waals surface area contributed by atoms with E-state index in [0.29, 0.717) is 0 Å². The predicted octanol–water partition coefficient (Wildman–Crippen LogP) is 8.72. The van der Waals surface area contributed by atoms with Crippen LogP contribution in [0.25, 0.3) is 0 Å². The van der Waals surface area contributed by atoms with Gasteiger partial charge in [0.2, 0.25) is 7.29 Å². The minimum absolute atomic E-state index is 0.0303. The molecule has 3 aromatic carbocycles. The Morgan fingerprint density at radius 1 is 0.657 bits per heavy atom. The smallest absolute Gasteiger partial charge is 0.205 e. The number of hydrogen-bond acceptors (Lipinski definition) is 1. The Morgan fingerprint density at radius 2 is 1.14 bits per heavy atom. The minimum Gasteiger partial charge on any atom is -0.297 e. The summed E-state index contributed by atoms with van der Waals surface area (Å²) in [6, 6.07) is 30.1. The molecule has 0 aliphatic rings. The molecule has 0 aliphatic heterocycles. The quantitative estimate of drug-likeness (QED) is 0.124. The fraction of sp³-hybridized carbons (Fsp3) is 0.375. The zero-order valence-electron chi connectivity index (χ0n) is 21.3. The number of benzene rings is 3. The van der Waals surface area contributed by atoms with Crippen molar-refractivity contribution < 1.29 is 4.57 Å². The van der Waals surface area contributed by atoms with Gasteiger partial charge in [0, 0.05) is 16.7 Å². The molecule has 0 saturated heterocycles. The lowest BCUT2D eigenvalue weighted by Gasteiger charge is -2.27. The molecule has 0 saturated carbocycles. The molecule has 0 unspecified atom stereocenters. The van der Waals surface area contributed by atoms with Crippen LogP contribution in [0.3, 0.4) is 0 Å². The number of unbranched alkanes of at least 4 members (excludes halogenated alkanes) is 8. The van der Waals surface area contributed by atoms with E-state index in [2.05, 4.69) is 48.4 Å². The first-order valence-corrected chi connectivity index (χ1v) is 15.1. The molecule has 2 nitrogen and oxygen atoms in total. The van der Waals surface area contributed by atoms with Gasteiger partial charge in [-0.15, -0.1) is 0 Å². The van der Waals surface area contributed by atoms with Crippen LogP contribution in [0.1, 0.15) is 82.7 Å². The highest BCUT2D eigenvalue weighted by Crippen LogP contribution is 2.42. The number of hydrogen-bond donors (Lipinski definition) is 1. The molecular formula is C32H42NOP. The maximum absolute atomic E-state index is 14.6. The fourth-order valence-corrected chi connectivity index (χ4v) is 6.96. The molecular weight excluding hydrogens is 445 g/mol. The Balaban J connectivity index is 1.65. The zero-order chi connectivity index (χ0) is 24.6. The molecule has 0 amide bonds. The highest BCUT2D eigenvalue weighted by molar-refractivity contribution is 7.76. The summed E-state index contributed by atoms with van der Waals surface area (Å²) in [6.07, 6.45) is 17.3. The van der Waals surface area contributed by atoms with Gasteiger partial charge in [-0.3, -0.25) is 9.65 Å². The van der Waals surface area contributed by atoms with E-state index in [0.717, 1.165) is 29.0 Å². The standard InChI is InChI=1S/C32H42NOP/c1-2-3-4-5-6-7-8-9-10-11-21-28-32(29-22-15-12-16-23-29)33-35(34,30-24-17-13-18-25-30)31-26-19-14-20-27-31/h11-27,32H,2-10,28H2,1H3,(H,33,34)/b21-11+/t32-/m0/s1. The van der Waals surface area contributed by atoms with Crippen molar-refractivity contribution in [1.29, 1.82) is 0 Å². The van der Waals surface area contributed by atoms with Gasteiger partial charge >= 0.3 is 0 Å². The lowest BCUT2D eigenvalue weighted by Crippen LogP contribution is -2.30. The molecule has 3 rings (SSSR count). The Morgan fingerprint density at radius 3 is 1.69 bits per heavy atom. The van der Waals surface area contributed by atoms with Crippen molar-refractivity contribution in [2.24, 2.45) is 0 Å². The van der Waals surface area contributed by atoms with E-state index in [4.69, 9.17) is 0 Å². The maximum Gasteiger partial charge on any atom is 0.205 e. The highest BCUT2D eigenvalue weighted by atomic mass is 31.2. The first-order chi connectivity index (χ1) is 17.2. The third-order valence-corrected chi connectivity index (χ3v) is 9.27. The summed E-state index contributed by atoms with van der Waals surface area (Å²) in [4.78, 5) is 0. The van der Waals surface area contributed by atoms with Crippen LogP contribution in [0.4, 0.5) is 0 Å². The molecule has 0 bridgehead atoms. The summed E-state index contributed by atoms with van der Waals surface area (Å²) >= 11 is 0. The Kier molecular flexibility index (Phi) is 12.1. The highest BCUT2D eigenvalue weighted by Gasteiger charge is 2.30. The fourth-order valence-electron chi connectivity index (χ4n) is 4.49. The third-order valence-electron chi connectivity index (χ3n) is 6.54. The molecule has 35 heavy (non-hydrogen) atoms. The zero-order valence-corrected chi connectivity index (χ0v) is 22.2. The van der Waals surface area contributed by atoms with E-state index in [1.807, 2.05) is 66.7 Å². The summed E-state index contributed by atoms with van der Waals surface area (Å²) in [6.45, 7) is 2.27. The van der Waals surface area contributed by atoms with Gasteiger partial charge in [0.15, 0.2) is 0 Å². The largest absolute Gasteiger partial charge is 0.297 e. The second-order valence-corrected chi connectivity index (χ2v) is 11.9. The third kappa shape index (κ3) is 8.95. The summed E-state index contributed by atoms with van der Waals surface area (Å²) < 4.78 is 14.6. The number of nitrogens with one attached hydrogen (secondary N) is 1. The van der Waals surface area contributed by atoms with E-state index in [9.17, 15) is 4.57 Å². The average molecular weight is 488 g/mol. The first kappa shape index (κ1) is 27.2. The van der Waals surface area contributed by atoms with Crippen LogP contribution < -0.4 is 15.7 Å².